The highest BCUT2D eigenvalue weighted by Crippen LogP contribution is 2.56. The van der Waals surface area contributed by atoms with E-state index in [1.807, 2.05) is 6.08 Å². The fraction of sp³-hybridized carbons (Fsp3) is 0.800. The van der Waals surface area contributed by atoms with Crippen LogP contribution in [0.2, 0.25) is 0 Å². The fourth-order valence-electron chi connectivity index (χ4n) is 4.56. The number of hydrogen-bond donors (Lipinski definition) is 2. The van der Waals surface area contributed by atoms with Crippen molar-refractivity contribution in [2.45, 2.75) is 57.7 Å². The Kier molecular flexibility index (Phi) is 2.87. The molecule has 18 heavy (non-hydrogen) atoms. The van der Waals surface area contributed by atoms with E-state index in [-0.39, 0.29) is 35.2 Å². The van der Waals surface area contributed by atoms with Gasteiger partial charge in [-0.3, -0.25) is 4.79 Å². The van der Waals surface area contributed by atoms with E-state index in [0.717, 1.165) is 25.7 Å². The van der Waals surface area contributed by atoms with Crippen LogP contribution >= 0.6 is 0 Å². The molecule has 0 aromatic rings. The van der Waals surface area contributed by atoms with Crippen molar-refractivity contribution in [3.8, 4) is 0 Å². The van der Waals surface area contributed by atoms with Gasteiger partial charge in [0.05, 0.1) is 12.2 Å². The topological polar surface area (TPSA) is 57.5 Å². The number of rotatable bonds is 0. The quantitative estimate of drug-likeness (QED) is 0.689. The lowest BCUT2D eigenvalue weighted by atomic mass is 9.52. The van der Waals surface area contributed by atoms with Gasteiger partial charge in [-0.2, -0.15) is 0 Å². The molecule has 0 spiro atoms. The Bertz CT molecular complexity index is 401. The minimum atomic E-state index is -0.319. The van der Waals surface area contributed by atoms with Gasteiger partial charge in [-0.05, 0) is 55.4 Å². The summed E-state index contributed by atoms with van der Waals surface area (Å²) in [6.07, 6.45) is 5.89. The van der Waals surface area contributed by atoms with Crippen LogP contribution in [0.5, 0.6) is 0 Å². The summed E-state index contributed by atoms with van der Waals surface area (Å²) in [7, 11) is 0. The summed E-state index contributed by atoms with van der Waals surface area (Å²) in [4.78, 5) is 11.6. The third-order valence-corrected chi connectivity index (χ3v) is 5.57. The second-order valence-corrected chi connectivity index (χ2v) is 6.49. The van der Waals surface area contributed by atoms with Crippen LogP contribution in [-0.4, -0.2) is 28.2 Å². The monoisotopic (exact) mass is 250 g/mol. The van der Waals surface area contributed by atoms with Crippen molar-refractivity contribution in [2.75, 3.05) is 0 Å². The molecule has 0 heterocycles. The first kappa shape index (κ1) is 12.4. The van der Waals surface area contributed by atoms with Crippen molar-refractivity contribution in [3.63, 3.8) is 0 Å². The SMILES string of the molecule is C[C@]12CCC(=O)C=C1CC[C@H]1[C@H]2[C@@H](O)CC[C@H]1O. The molecule has 100 valence electrons. The van der Waals surface area contributed by atoms with E-state index in [2.05, 4.69) is 6.92 Å². The molecule has 0 unspecified atom stereocenters. The molecule has 0 saturated heterocycles. The van der Waals surface area contributed by atoms with Crippen LogP contribution in [0.3, 0.4) is 0 Å². The maximum atomic E-state index is 11.6. The Labute approximate surface area is 108 Å². The lowest BCUT2D eigenvalue weighted by Gasteiger charge is -2.54. The summed E-state index contributed by atoms with van der Waals surface area (Å²) < 4.78 is 0. The molecule has 0 aromatic heterocycles. The molecule has 3 heteroatoms. The lowest BCUT2D eigenvalue weighted by Crippen LogP contribution is -2.53. The number of carbonyl (C=O) groups excluding carboxylic acids is 1. The molecule has 0 aromatic carbocycles. The van der Waals surface area contributed by atoms with Gasteiger partial charge in [-0.1, -0.05) is 12.5 Å². The summed E-state index contributed by atoms with van der Waals surface area (Å²) in [5.74, 6) is 0.574. The second kappa shape index (κ2) is 4.17. The number of fused-ring (bicyclic) bond motifs is 3. The first-order valence-corrected chi connectivity index (χ1v) is 7.12. The van der Waals surface area contributed by atoms with Gasteiger partial charge >= 0.3 is 0 Å². The smallest absolute Gasteiger partial charge is 0.155 e. The average molecular weight is 250 g/mol. The molecule has 2 fully saturated rings. The van der Waals surface area contributed by atoms with Crippen molar-refractivity contribution in [3.05, 3.63) is 11.6 Å². The van der Waals surface area contributed by atoms with E-state index < -0.39 is 0 Å². The van der Waals surface area contributed by atoms with Crippen LogP contribution in [-0.2, 0) is 4.79 Å². The van der Waals surface area contributed by atoms with E-state index in [4.69, 9.17) is 0 Å². The van der Waals surface area contributed by atoms with Crippen molar-refractivity contribution in [2.24, 2.45) is 17.3 Å². The summed E-state index contributed by atoms with van der Waals surface area (Å²) in [5.41, 5.74) is 1.14. The van der Waals surface area contributed by atoms with Gasteiger partial charge in [-0.15, -0.1) is 0 Å². The van der Waals surface area contributed by atoms with E-state index in [9.17, 15) is 15.0 Å². The zero-order valence-corrected chi connectivity index (χ0v) is 10.9. The van der Waals surface area contributed by atoms with Crippen molar-refractivity contribution < 1.29 is 15.0 Å². The molecule has 3 aliphatic carbocycles. The number of aliphatic hydroxyl groups is 2. The number of hydrogen-bond acceptors (Lipinski definition) is 3. The van der Waals surface area contributed by atoms with Crippen LogP contribution in [0, 0.1) is 17.3 Å². The lowest BCUT2D eigenvalue weighted by molar-refractivity contribution is -0.122. The van der Waals surface area contributed by atoms with Gasteiger partial charge in [0, 0.05) is 6.42 Å². The predicted octanol–water partition coefficient (Wildman–Crippen LogP) is 1.82. The number of carbonyl (C=O) groups is 1. The Morgan fingerprint density at radius 3 is 2.67 bits per heavy atom. The van der Waals surface area contributed by atoms with Gasteiger partial charge in [0.1, 0.15) is 0 Å². The molecular weight excluding hydrogens is 228 g/mol. The Hall–Kier alpha value is -0.670. The third kappa shape index (κ3) is 1.68. The molecule has 0 radical (unpaired) electrons. The number of aliphatic hydroxyl groups excluding tert-OH is 2. The molecule has 0 amide bonds. The highest BCUT2D eigenvalue weighted by molar-refractivity contribution is 5.91. The summed E-state index contributed by atoms with van der Waals surface area (Å²) in [5, 5.41) is 20.6. The molecule has 3 nitrogen and oxygen atoms in total. The van der Waals surface area contributed by atoms with Crippen LogP contribution in [0.15, 0.2) is 11.6 Å². The Balaban J connectivity index is 1.99. The minimum absolute atomic E-state index is 0.0718. The largest absolute Gasteiger partial charge is 0.393 e. The van der Waals surface area contributed by atoms with Gasteiger partial charge in [0.25, 0.3) is 0 Å². The maximum Gasteiger partial charge on any atom is 0.155 e. The van der Waals surface area contributed by atoms with E-state index in [1.54, 1.807) is 0 Å². The van der Waals surface area contributed by atoms with Crippen molar-refractivity contribution in [1.29, 1.82) is 0 Å². The van der Waals surface area contributed by atoms with Gasteiger partial charge in [0.2, 0.25) is 0 Å². The van der Waals surface area contributed by atoms with Crippen molar-refractivity contribution in [1.82, 2.24) is 0 Å². The van der Waals surface area contributed by atoms with E-state index in [1.165, 1.54) is 5.57 Å². The second-order valence-electron chi connectivity index (χ2n) is 6.49. The standard InChI is InChI=1S/C15H22O3/c1-15-7-6-10(16)8-9(15)2-3-11-12(17)4-5-13(18)14(11)15/h8,11-14,17-18H,2-7H2,1H3/t11-,12-,13+,14+,15+/m1/s1. The molecular formula is C15H22O3. The molecule has 3 aliphatic rings. The normalized spacial score (nSPS) is 48.2. The van der Waals surface area contributed by atoms with Gasteiger partial charge in [0.15, 0.2) is 5.78 Å². The third-order valence-electron chi connectivity index (χ3n) is 5.57. The van der Waals surface area contributed by atoms with Crippen LogP contribution in [0.4, 0.5) is 0 Å². The zero-order chi connectivity index (χ0) is 12.9. The van der Waals surface area contributed by atoms with Crippen LogP contribution < -0.4 is 0 Å². The van der Waals surface area contributed by atoms with Gasteiger partial charge < -0.3 is 10.2 Å². The molecule has 5 atom stereocenters. The summed E-state index contributed by atoms with van der Waals surface area (Å²) in [6, 6.07) is 0. The molecule has 2 saturated carbocycles. The van der Waals surface area contributed by atoms with Gasteiger partial charge in [-0.25, -0.2) is 0 Å². The Morgan fingerprint density at radius 2 is 1.89 bits per heavy atom. The van der Waals surface area contributed by atoms with Crippen LogP contribution in [0.25, 0.3) is 0 Å². The van der Waals surface area contributed by atoms with Crippen molar-refractivity contribution >= 4 is 5.78 Å². The predicted molar refractivity (Wildman–Crippen MR) is 67.9 cm³/mol. The average Bonchev–Trinajstić information content (AvgIpc) is 2.34. The molecule has 0 aliphatic heterocycles. The molecule has 0 bridgehead atoms. The minimum Gasteiger partial charge on any atom is -0.393 e. The Morgan fingerprint density at radius 1 is 1.17 bits per heavy atom. The maximum absolute atomic E-state index is 11.6. The summed E-state index contributed by atoms with van der Waals surface area (Å²) in [6.45, 7) is 2.18. The van der Waals surface area contributed by atoms with E-state index >= 15 is 0 Å². The summed E-state index contributed by atoms with van der Waals surface area (Å²) >= 11 is 0. The molecule has 3 rings (SSSR count). The highest BCUT2D eigenvalue weighted by Gasteiger charge is 2.53. The number of ketones is 1. The highest BCUT2D eigenvalue weighted by atomic mass is 16.3. The molecule has 2 N–H and O–H groups in total. The van der Waals surface area contributed by atoms with E-state index in [0.29, 0.717) is 12.8 Å². The first-order chi connectivity index (χ1) is 8.52. The number of allylic oxidation sites excluding steroid dienone is 2. The zero-order valence-electron chi connectivity index (χ0n) is 10.9. The fourth-order valence-corrected chi connectivity index (χ4v) is 4.56. The first-order valence-electron chi connectivity index (χ1n) is 7.12. The van der Waals surface area contributed by atoms with Crippen LogP contribution in [0.1, 0.15) is 45.4 Å².